The van der Waals surface area contributed by atoms with Gasteiger partial charge in [-0.2, -0.15) is 0 Å². The van der Waals surface area contributed by atoms with Crippen molar-refractivity contribution in [2.75, 3.05) is 20.7 Å². The van der Waals surface area contributed by atoms with Crippen LogP contribution in [0, 0.1) is 0 Å². The number of hydrogen-bond donors (Lipinski definition) is 1. The molecule has 0 aliphatic rings. The van der Waals surface area contributed by atoms with Gasteiger partial charge in [0.25, 0.3) is 0 Å². The maximum atomic E-state index is 11.8. The molecule has 1 aromatic carbocycles. The Hall–Kier alpha value is -2.04. The number of hydrogen-bond acceptors (Lipinski definition) is 3. The van der Waals surface area contributed by atoms with Crippen LogP contribution in [0.4, 0.5) is 0 Å². The number of ether oxygens (including phenoxy) is 1. The zero-order chi connectivity index (χ0) is 15.0. The highest BCUT2D eigenvalue weighted by atomic mass is 16.5. The number of aryl methyl sites for hydroxylation is 1. The van der Waals surface area contributed by atoms with E-state index in [0.717, 1.165) is 24.2 Å². The Morgan fingerprint density at radius 2 is 2.05 bits per heavy atom. The van der Waals surface area contributed by atoms with Crippen LogP contribution in [0.1, 0.15) is 24.8 Å². The number of carboxylic acid groups (broad SMARTS) is 1. The van der Waals surface area contributed by atoms with Crippen LogP contribution in [0.2, 0.25) is 0 Å². The molecule has 0 aliphatic carbocycles. The predicted molar refractivity (Wildman–Crippen MR) is 75.8 cm³/mol. The Kier molecular flexibility index (Phi) is 6.56. The number of rotatable bonds is 8. The Balaban J connectivity index is 2.32. The summed E-state index contributed by atoms with van der Waals surface area (Å²) < 4.78 is 5.14. The monoisotopic (exact) mass is 279 g/mol. The molecule has 1 amide bonds. The van der Waals surface area contributed by atoms with Crippen molar-refractivity contribution in [2.24, 2.45) is 0 Å². The second kappa shape index (κ2) is 8.19. The minimum Gasteiger partial charge on any atom is -0.497 e. The highest BCUT2D eigenvalue weighted by Gasteiger charge is 2.10. The first-order valence-electron chi connectivity index (χ1n) is 6.61. The summed E-state index contributed by atoms with van der Waals surface area (Å²) in [5.74, 6) is -0.0948. The number of amides is 1. The van der Waals surface area contributed by atoms with E-state index in [0.29, 0.717) is 6.42 Å². The largest absolute Gasteiger partial charge is 0.497 e. The lowest BCUT2D eigenvalue weighted by Gasteiger charge is -2.15. The van der Waals surface area contributed by atoms with Crippen LogP contribution in [0.5, 0.6) is 5.75 Å². The number of aliphatic carboxylic acids is 1. The lowest BCUT2D eigenvalue weighted by atomic mass is 10.1. The van der Waals surface area contributed by atoms with Crippen molar-refractivity contribution in [1.82, 2.24) is 4.90 Å². The molecule has 0 spiro atoms. The minimum atomic E-state index is -0.888. The van der Waals surface area contributed by atoms with E-state index in [2.05, 4.69) is 0 Å². The lowest BCUT2D eigenvalue weighted by Crippen LogP contribution is -2.28. The highest BCUT2D eigenvalue weighted by molar-refractivity contribution is 5.76. The van der Waals surface area contributed by atoms with Crippen LogP contribution in [0.15, 0.2) is 24.3 Å². The average molecular weight is 279 g/mol. The van der Waals surface area contributed by atoms with Crippen LogP contribution in [-0.4, -0.2) is 42.6 Å². The van der Waals surface area contributed by atoms with Gasteiger partial charge in [-0.3, -0.25) is 9.59 Å². The highest BCUT2D eigenvalue weighted by Crippen LogP contribution is 2.14. The topological polar surface area (TPSA) is 66.8 Å². The molecule has 0 fully saturated rings. The average Bonchev–Trinajstić information content (AvgIpc) is 2.44. The van der Waals surface area contributed by atoms with Crippen molar-refractivity contribution in [3.63, 3.8) is 0 Å². The number of methoxy groups -OCH3 is 1. The Morgan fingerprint density at radius 3 is 2.70 bits per heavy atom. The summed E-state index contributed by atoms with van der Waals surface area (Å²) in [5.41, 5.74) is 1.13. The van der Waals surface area contributed by atoms with Gasteiger partial charge in [-0.1, -0.05) is 12.1 Å². The van der Waals surface area contributed by atoms with Crippen LogP contribution in [-0.2, 0) is 16.0 Å². The molecule has 0 radical (unpaired) electrons. The van der Waals surface area contributed by atoms with E-state index in [1.807, 2.05) is 24.3 Å². The summed E-state index contributed by atoms with van der Waals surface area (Å²) in [5, 5.41) is 8.57. The number of carbonyl (C=O) groups is 2. The summed E-state index contributed by atoms with van der Waals surface area (Å²) in [6.07, 6.45) is 1.95. The van der Waals surface area contributed by atoms with Crippen LogP contribution >= 0.6 is 0 Å². The molecule has 20 heavy (non-hydrogen) atoms. The third-order valence-corrected chi connectivity index (χ3v) is 3.08. The third kappa shape index (κ3) is 5.73. The number of carboxylic acids is 1. The zero-order valence-corrected chi connectivity index (χ0v) is 12.0. The lowest BCUT2D eigenvalue weighted by molar-refractivity contribution is -0.138. The first-order valence-corrected chi connectivity index (χ1v) is 6.61. The second-order valence-corrected chi connectivity index (χ2v) is 4.66. The molecule has 1 rings (SSSR count). The number of benzene rings is 1. The van der Waals surface area contributed by atoms with Gasteiger partial charge in [0.15, 0.2) is 0 Å². The summed E-state index contributed by atoms with van der Waals surface area (Å²) >= 11 is 0. The SMILES string of the molecule is COc1cccc(CCCC(=O)N(C)CCC(=O)O)c1. The molecule has 0 aliphatic heterocycles. The van der Waals surface area contributed by atoms with Gasteiger partial charge < -0.3 is 14.7 Å². The fraction of sp³-hybridized carbons (Fsp3) is 0.467. The van der Waals surface area contributed by atoms with Crippen LogP contribution in [0.3, 0.4) is 0 Å². The van der Waals surface area contributed by atoms with E-state index in [1.54, 1.807) is 14.2 Å². The van der Waals surface area contributed by atoms with E-state index in [4.69, 9.17) is 9.84 Å². The molecular formula is C15H21NO4. The van der Waals surface area contributed by atoms with E-state index in [9.17, 15) is 9.59 Å². The Bertz CT molecular complexity index is 459. The van der Waals surface area contributed by atoms with E-state index in [-0.39, 0.29) is 18.9 Å². The van der Waals surface area contributed by atoms with Gasteiger partial charge in [0.1, 0.15) is 5.75 Å². The third-order valence-electron chi connectivity index (χ3n) is 3.08. The van der Waals surface area contributed by atoms with E-state index >= 15 is 0 Å². The van der Waals surface area contributed by atoms with Crippen molar-refractivity contribution >= 4 is 11.9 Å². The van der Waals surface area contributed by atoms with Crippen molar-refractivity contribution in [3.05, 3.63) is 29.8 Å². The second-order valence-electron chi connectivity index (χ2n) is 4.66. The first-order chi connectivity index (χ1) is 9.52. The quantitative estimate of drug-likeness (QED) is 0.790. The van der Waals surface area contributed by atoms with E-state index < -0.39 is 5.97 Å². The van der Waals surface area contributed by atoms with Gasteiger partial charge in [0.05, 0.1) is 13.5 Å². The minimum absolute atomic E-state index is 0.0157. The standard InChI is InChI=1S/C15H21NO4/c1-16(10-9-15(18)19)14(17)8-4-6-12-5-3-7-13(11-12)20-2/h3,5,7,11H,4,6,8-10H2,1-2H3,(H,18,19). The predicted octanol–water partition coefficient (Wildman–Crippen LogP) is 1.95. The molecule has 0 unspecified atom stereocenters. The smallest absolute Gasteiger partial charge is 0.305 e. The van der Waals surface area contributed by atoms with Crippen LogP contribution < -0.4 is 4.74 Å². The van der Waals surface area contributed by atoms with Gasteiger partial charge in [-0.25, -0.2) is 0 Å². The van der Waals surface area contributed by atoms with Gasteiger partial charge in [-0.15, -0.1) is 0 Å². The fourth-order valence-corrected chi connectivity index (χ4v) is 1.85. The maximum absolute atomic E-state index is 11.8. The summed E-state index contributed by atoms with van der Waals surface area (Å²) in [6.45, 7) is 0.257. The molecular weight excluding hydrogens is 258 g/mol. The van der Waals surface area contributed by atoms with Gasteiger partial charge in [0, 0.05) is 20.0 Å². The van der Waals surface area contributed by atoms with E-state index in [1.165, 1.54) is 4.90 Å². The number of carbonyl (C=O) groups excluding carboxylic acids is 1. The molecule has 0 heterocycles. The molecule has 1 aromatic rings. The Morgan fingerprint density at radius 1 is 1.30 bits per heavy atom. The normalized spacial score (nSPS) is 10.1. The van der Waals surface area contributed by atoms with Gasteiger partial charge in [-0.05, 0) is 30.5 Å². The van der Waals surface area contributed by atoms with Crippen molar-refractivity contribution in [3.8, 4) is 5.75 Å². The molecule has 110 valence electrons. The fourth-order valence-electron chi connectivity index (χ4n) is 1.85. The molecule has 1 N–H and O–H groups in total. The molecule has 5 heteroatoms. The van der Waals surface area contributed by atoms with Gasteiger partial charge >= 0.3 is 5.97 Å². The zero-order valence-electron chi connectivity index (χ0n) is 12.0. The molecule has 0 atom stereocenters. The molecule has 0 bridgehead atoms. The van der Waals surface area contributed by atoms with Gasteiger partial charge in [0.2, 0.25) is 5.91 Å². The van der Waals surface area contributed by atoms with Crippen molar-refractivity contribution in [1.29, 1.82) is 0 Å². The molecule has 0 aromatic heterocycles. The van der Waals surface area contributed by atoms with Crippen molar-refractivity contribution in [2.45, 2.75) is 25.7 Å². The maximum Gasteiger partial charge on any atom is 0.305 e. The van der Waals surface area contributed by atoms with Crippen LogP contribution in [0.25, 0.3) is 0 Å². The summed E-state index contributed by atoms with van der Waals surface area (Å²) in [4.78, 5) is 23.7. The number of nitrogens with zero attached hydrogens (tertiary/aromatic N) is 1. The molecule has 0 saturated carbocycles. The van der Waals surface area contributed by atoms with Crippen molar-refractivity contribution < 1.29 is 19.4 Å². The summed E-state index contributed by atoms with van der Waals surface area (Å²) in [6, 6.07) is 7.77. The Labute approximate surface area is 119 Å². The summed E-state index contributed by atoms with van der Waals surface area (Å²) in [7, 11) is 3.26. The first kappa shape index (κ1) is 16.0. The molecule has 0 saturated heterocycles. The molecule has 5 nitrogen and oxygen atoms in total.